The summed E-state index contributed by atoms with van der Waals surface area (Å²) in [6.45, 7) is 6.20. The summed E-state index contributed by atoms with van der Waals surface area (Å²) < 4.78 is 6.34. The Morgan fingerprint density at radius 1 is 1.11 bits per heavy atom. The molecule has 0 bridgehead atoms. The first-order valence-electron chi connectivity index (χ1n) is 8.83. The van der Waals surface area contributed by atoms with E-state index in [0.29, 0.717) is 22.7 Å². The van der Waals surface area contributed by atoms with Crippen LogP contribution in [0.25, 0.3) is 11.1 Å². The number of thiophene rings is 2. The molecule has 1 amide bonds. The second-order valence-corrected chi connectivity index (χ2v) is 9.16. The van der Waals surface area contributed by atoms with Crippen LogP contribution in [-0.4, -0.2) is 18.5 Å². The average molecular weight is 478 g/mol. The third kappa shape index (κ3) is 4.37. The van der Waals surface area contributed by atoms with Gasteiger partial charge < -0.3 is 10.1 Å². The largest absolute Gasteiger partial charge is 0.462 e. The van der Waals surface area contributed by atoms with Crippen LogP contribution in [-0.2, 0) is 4.74 Å². The zero-order valence-corrected chi connectivity index (χ0v) is 19.0. The molecule has 0 aliphatic rings. The predicted molar refractivity (Wildman–Crippen MR) is 120 cm³/mol. The summed E-state index contributed by atoms with van der Waals surface area (Å²) in [5.41, 5.74) is 3.65. The highest BCUT2D eigenvalue weighted by atomic mass is 79.9. The number of esters is 1. The summed E-state index contributed by atoms with van der Waals surface area (Å²) in [5.74, 6) is -0.634. The van der Waals surface area contributed by atoms with E-state index < -0.39 is 5.97 Å². The van der Waals surface area contributed by atoms with Crippen LogP contribution in [0.2, 0.25) is 0 Å². The highest BCUT2D eigenvalue weighted by Crippen LogP contribution is 2.37. The van der Waals surface area contributed by atoms with E-state index in [1.54, 1.807) is 11.3 Å². The first-order chi connectivity index (χ1) is 13.4. The number of halogens is 1. The number of aryl methyl sites for hydroxylation is 1. The fraction of sp³-hybridized carbons (Fsp3) is 0.238. The molecule has 0 radical (unpaired) electrons. The van der Waals surface area contributed by atoms with Crippen molar-refractivity contribution in [1.29, 1.82) is 0 Å². The van der Waals surface area contributed by atoms with Crippen LogP contribution in [0.4, 0.5) is 5.00 Å². The third-order valence-corrected chi connectivity index (χ3v) is 6.78. The molecule has 7 heteroatoms. The van der Waals surface area contributed by atoms with Gasteiger partial charge in [0.15, 0.2) is 0 Å². The number of hydrogen-bond acceptors (Lipinski definition) is 5. The lowest BCUT2D eigenvalue weighted by Gasteiger charge is -2.09. The van der Waals surface area contributed by atoms with Gasteiger partial charge in [-0.25, -0.2) is 4.79 Å². The number of anilines is 1. The molecular formula is C21H20BrNO3S2. The van der Waals surface area contributed by atoms with Gasteiger partial charge in [-0.1, -0.05) is 35.0 Å². The van der Waals surface area contributed by atoms with Gasteiger partial charge in [0.25, 0.3) is 5.91 Å². The smallest absolute Gasteiger partial charge is 0.341 e. The second-order valence-electron chi connectivity index (χ2n) is 6.28. The number of carbonyl (C=O) groups is 2. The summed E-state index contributed by atoms with van der Waals surface area (Å²) in [6, 6.07) is 7.70. The van der Waals surface area contributed by atoms with Gasteiger partial charge in [-0.3, -0.25) is 4.79 Å². The number of carbonyl (C=O) groups excluding carboxylic acids is 2. The van der Waals surface area contributed by atoms with Crippen molar-refractivity contribution in [2.75, 3.05) is 11.9 Å². The monoisotopic (exact) mass is 477 g/mol. The van der Waals surface area contributed by atoms with Crippen molar-refractivity contribution in [3.63, 3.8) is 0 Å². The SMILES string of the molecule is CCCOC(=O)c1c(-c2ccc(Br)cc2)csc1NC(=O)c1csc(C)c1C. The molecule has 28 heavy (non-hydrogen) atoms. The van der Waals surface area contributed by atoms with E-state index in [1.165, 1.54) is 11.3 Å². The van der Waals surface area contributed by atoms with Crippen LogP contribution in [0.1, 0.15) is 44.5 Å². The van der Waals surface area contributed by atoms with Crippen molar-refractivity contribution in [2.45, 2.75) is 27.2 Å². The zero-order chi connectivity index (χ0) is 20.3. The quantitative estimate of drug-likeness (QED) is 0.403. The lowest BCUT2D eigenvalue weighted by molar-refractivity contribution is 0.0508. The van der Waals surface area contributed by atoms with Gasteiger partial charge >= 0.3 is 5.97 Å². The summed E-state index contributed by atoms with van der Waals surface area (Å²) >= 11 is 6.30. The van der Waals surface area contributed by atoms with Gasteiger partial charge in [0.1, 0.15) is 10.6 Å². The molecule has 146 valence electrons. The van der Waals surface area contributed by atoms with Crippen LogP contribution in [0.15, 0.2) is 39.5 Å². The van der Waals surface area contributed by atoms with Crippen LogP contribution >= 0.6 is 38.6 Å². The molecule has 0 atom stereocenters. The maximum absolute atomic E-state index is 12.8. The van der Waals surface area contributed by atoms with Crippen molar-refractivity contribution in [3.8, 4) is 11.1 Å². The molecule has 3 aromatic rings. The molecule has 4 nitrogen and oxygen atoms in total. The lowest BCUT2D eigenvalue weighted by atomic mass is 10.0. The van der Waals surface area contributed by atoms with Gasteiger partial charge in [-0.15, -0.1) is 22.7 Å². The zero-order valence-electron chi connectivity index (χ0n) is 15.8. The first-order valence-corrected chi connectivity index (χ1v) is 11.4. The van der Waals surface area contributed by atoms with Crippen molar-refractivity contribution >= 4 is 55.5 Å². The molecule has 2 aromatic heterocycles. The van der Waals surface area contributed by atoms with Crippen molar-refractivity contribution in [2.24, 2.45) is 0 Å². The second kappa shape index (κ2) is 9.03. The highest BCUT2D eigenvalue weighted by Gasteiger charge is 2.24. The summed E-state index contributed by atoms with van der Waals surface area (Å²) in [6.07, 6.45) is 0.735. The van der Waals surface area contributed by atoms with Crippen LogP contribution in [0.3, 0.4) is 0 Å². The van der Waals surface area contributed by atoms with Crippen molar-refractivity contribution in [1.82, 2.24) is 0 Å². The van der Waals surface area contributed by atoms with Gasteiger partial charge in [-0.05, 0) is 43.5 Å². The fourth-order valence-electron chi connectivity index (χ4n) is 2.67. The number of nitrogens with one attached hydrogen (secondary N) is 1. The fourth-order valence-corrected chi connectivity index (χ4v) is 4.75. The molecule has 0 saturated carbocycles. The standard InChI is InChI=1S/C21H20BrNO3S2/c1-4-9-26-21(25)18-17(14-5-7-15(22)8-6-14)11-28-20(18)23-19(24)16-10-27-13(3)12(16)2/h5-8,10-11H,4,9H2,1-3H3,(H,23,24). The van der Waals surface area contributed by atoms with E-state index in [0.717, 1.165) is 32.5 Å². The molecule has 0 fully saturated rings. The molecule has 0 aliphatic heterocycles. The molecule has 0 saturated heterocycles. The predicted octanol–water partition coefficient (Wildman–Crippen LogP) is 6.68. The van der Waals surface area contributed by atoms with Crippen LogP contribution in [0.5, 0.6) is 0 Å². The van der Waals surface area contributed by atoms with E-state index >= 15 is 0 Å². The van der Waals surface area contributed by atoms with E-state index in [4.69, 9.17) is 4.74 Å². The third-order valence-electron chi connectivity index (χ3n) is 4.34. The Morgan fingerprint density at radius 2 is 1.82 bits per heavy atom. The Morgan fingerprint density at radius 3 is 2.43 bits per heavy atom. The molecule has 3 rings (SSSR count). The Hall–Kier alpha value is -1.96. The van der Waals surface area contributed by atoms with Crippen molar-refractivity contribution in [3.05, 3.63) is 61.1 Å². The number of hydrogen-bond donors (Lipinski definition) is 1. The van der Waals surface area contributed by atoms with Gasteiger partial charge in [0, 0.05) is 25.7 Å². The Balaban J connectivity index is 1.98. The molecular weight excluding hydrogens is 458 g/mol. The van der Waals surface area contributed by atoms with Gasteiger partial charge in [-0.2, -0.15) is 0 Å². The summed E-state index contributed by atoms with van der Waals surface area (Å²) in [4.78, 5) is 26.6. The summed E-state index contributed by atoms with van der Waals surface area (Å²) in [7, 11) is 0. The van der Waals surface area contributed by atoms with Gasteiger partial charge in [0.2, 0.25) is 0 Å². The van der Waals surface area contributed by atoms with Gasteiger partial charge in [0.05, 0.1) is 12.2 Å². The topological polar surface area (TPSA) is 55.4 Å². The Kier molecular flexibility index (Phi) is 6.69. The molecule has 0 spiro atoms. The minimum atomic E-state index is -0.422. The molecule has 2 heterocycles. The molecule has 0 aliphatic carbocycles. The average Bonchev–Trinajstić information content (AvgIpc) is 3.24. The molecule has 1 N–H and O–H groups in total. The van der Waals surface area contributed by atoms with E-state index in [9.17, 15) is 9.59 Å². The van der Waals surface area contributed by atoms with E-state index in [1.807, 2.05) is 55.8 Å². The number of ether oxygens (including phenoxy) is 1. The normalized spacial score (nSPS) is 10.7. The van der Waals surface area contributed by atoms with Crippen LogP contribution in [0, 0.1) is 13.8 Å². The van der Waals surface area contributed by atoms with E-state index in [-0.39, 0.29) is 5.91 Å². The highest BCUT2D eigenvalue weighted by molar-refractivity contribution is 9.10. The number of benzene rings is 1. The molecule has 0 unspecified atom stereocenters. The van der Waals surface area contributed by atoms with E-state index in [2.05, 4.69) is 21.2 Å². The number of amides is 1. The Bertz CT molecular complexity index is 1010. The first kappa shape index (κ1) is 20.8. The van der Waals surface area contributed by atoms with Crippen LogP contribution < -0.4 is 5.32 Å². The Labute approximate surface area is 180 Å². The van der Waals surface area contributed by atoms with Crippen molar-refractivity contribution < 1.29 is 14.3 Å². The number of rotatable bonds is 6. The maximum atomic E-state index is 12.8. The lowest BCUT2D eigenvalue weighted by Crippen LogP contribution is -2.15. The minimum Gasteiger partial charge on any atom is -0.462 e. The maximum Gasteiger partial charge on any atom is 0.341 e. The minimum absolute atomic E-state index is 0.212. The molecule has 1 aromatic carbocycles. The summed E-state index contributed by atoms with van der Waals surface area (Å²) in [5, 5.41) is 7.15.